The Balaban J connectivity index is 1.42. The molecule has 4 rings (SSSR count). The summed E-state index contributed by atoms with van der Waals surface area (Å²) in [4.78, 5) is 7.42. The third-order valence-electron chi connectivity index (χ3n) is 4.09. The number of benzene rings is 1. The number of rotatable bonds is 5. The zero-order chi connectivity index (χ0) is 17.1. The van der Waals surface area contributed by atoms with E-state index in [0.29, 0.717) is 43.6 Å². The topological polar surface area (TPSA) is 69.0 Å². The molecule has 8 heteroatoms. The van der Waals surface area contributed by atoms with Gasteiger partial charge < -0.3 is 18.9 Å². The molecule has 7 nitrogen and oxygen atoms in total. The Morgan fingerprint density at radius 2 is 2.16 bits per heavy atom. The van der Waals surface area contributed by atoms with Crippen molar-refractivity contribution < 1.29 is 23.2 Å². The van der Waals surface area contributed by atoms with Gasteiger partial charge in [-0.2, -0.15) is 0 Å². The monoisotopic (exact) mass is 347 g/mol. The Morgan fingerprint density at radius 1 is 1.28 bits per heavy atom. The second kappa shape index (κ2) is 7.12. The van der Waals surface area contributed by atoms with Crippen LogP contribution < -0.4 is 15.1 Å². The third kappa shape index (κ3) is 3.59. The number of hydroxylamine groups is 1. The highest BCUT2D eigenvalue weighted by molar-refractivity contribution is 5.67. The molecule has 1 N–H and O–H groups in total. The minimum atomic E-state index is -0.298. The summed E-state index contributed by atoms with van der Waals surface area (Å²) < 4.78 is 29.9. The molecule has 0 spiro atoms. The first-order valence-electron chi connectivity index (χ1n) is 8.09. The van der Waals surface area contributed by atoms with Crippen LogP contribution in [0.15, 0.2) is 41.1 Å². The first-order chi connectivity index (χ1) is 12.3. The Hall–Kier alpha value is -2.58. The number of hydrogen-bond donors (Lipinski definition) is 1. The summed E-state index contributed by atoms with van der Waals surface area (Å²) in [7, 11) is 0. The molecule has 1 aromatic carbocycles. The van der Waals surface area contributed by atoms with Crippen molar-refractivity contribution in [1.82, 2.24) is 10.6 Å². The zero-order valence-electron chi connectivity index (χ0n) is 13.5. The van der Waals surface area contributed by atoms with Gasteiger partial charge >= 0.3 is 0 Å². The van der Waals surface area contributed by atoms with Crippen LogP contribution in [0.2, 0.25) is 0 Å². The Bertz CT molecular complexity index is 744. The molecule has 1 aromatic heterocycles. The number of halogens is 1. The molecular weight excluding hydrogens is 329 g/mol. The van der Waals surface area contributed by atoms with Crippen molar-refractivity contribution in [2.24, 2.45) is 0 Å². The number of anilines is 1. The fraction of sp³-hybridized carbons (Fsp3) is 0.353. The minimum absolute atomic E-state index is 0.260. The predicted octanol–water partition coefficient (Wildman–Crippen LogP) is 1.97. The molecule has 0 amide bonds. The molecule has 25 heavy (non-hydrogen) atoms. The molecular formula is C17H18FN3O4. The van der Waals surface area contributed by atoms with Crippen molar-refractivity contribution >= 4 is 11.4 Å². The molecule has 0 aliphatic carbocycles. The van der Waals surface area contributed by atoms with E-state index >= 15 is 0 Å². The second-order valence-electron chi connectivity index (χ2n) is 5.75. The molecule has 1 atom stereocenters. The van der Waals surface area contributed by atoms with E-state index < -0.39 is 0 Å². The van der Waals surface area contributed by atoms with E-state index in [9.17, 15) is 4.39 Å². The van der Waals surface area contributed by atoms with Crippen molar-refractivity contribution in [1.29, 1.82) is 0 Å². The molecule has 0 radical (unpaired) electrons. The van der Waals surface area contributed by atoms with Gasteiger partial charge in [-0.3, -0.25) is 10.3 Å². The molecule has 2 aromatic rings. The van der Waals surface area contributed by atoms with Crippen LogP contribution in [0, 0.1) is 5.82 Å². The molecule has 3 heterocycles. The molecule has 0 saturated carbocycles. The predicted molar refractivity (Wildman–Crippen MR) is 87.4 cm³/mol. The quantitative estimate of drug-likeness (QED) is 0.887. The highest BCUT2D eigenvalue weighted by Crippen LogP contribution is 2.26. The SMILES string of the molecule is Fc1cc(C2=CC(COc3ccon3)ON2)ccc1N1CCOCC1. The summed E-state index contributed by atoms with van der Waals surface area (Å²) in [5.74, 6) is 0.135. The summed E-state index contributed by atoms with van der Waals surface area (Å²) in [6, 6.07) is 6.79. The van der Waals surface area contributed by atoms with Crippen molar-refractivity contribution in [3.8, 4) is 5.88 Å². The highest BCUT2D eigenvalue weighted by atomic mass is 19.1. The van der Waals surface area contributed by atoms with Gasteiger partial charge in [0.2, 0.25) is 0 Å². The Morgan fingerprint density at radius 3 is 2.92 bits per heavy atom. The van der Waals surface area contributed by atoms with Crippen LogP contribution in [-0.2, 0) is 9.57 Å². The third-order valence-corrected chi connectivity index (χ3v) is 4.09. The van der Waals surface area contributed by atoms with Crippen molar-refractivity contribution in [3.63, 3.8) is 0 Å². The second-order valence-corrected chi connectivity index (χ2v) is 5.75. The van der Waals surface area contributed by atoms with Crippen LogP contribution in [0.4, 0.5) is 10.1 Å². The standard InChI is InChI=1S/C17H18FN3O4/c18-14-9-12(1-2-16(14)21-4-7-22-8-5-21)15-10-13(25-19-15)11-23-17-3-6-24-20-17/h1-3,6,9-10,13,19H,4-5,7-8,11H2. The maximum Gasteiger partial charge on any atom is 0.254 e. The molecule has 1 saturated heterocycles. The van der Waals surface area contributed by atoms with E-state index in [2.05, 4.69) is 10.6 Å². The van der Waals surface area contributed by atoms with E-state index in [1.807, 2.05) is 17.0 Å². The van der Waals surface area contributed by atoms with Gasteiger partial charge in [0.1, 0.15) is 24.8 Å². The number of hydrogen-bond acceptors (Lipinski definition) is 7. The lowest BCUT2D eigenvalue weighted by Gasteiger charge is -2.29. The number of morpholine rings is 1. The minimum Gasteiger partial charge on any atom is -0.472 e. The fourth-order valence-electron chi connectivity index (χ4n) is 2.81. The summed E-state index contributed by atoms with van der Waals surface area (Å²) in [5, 5.41) is 3.66. The van der Waals surface area contributed by atoms with Crippen LogP contribution in [-0.4, -0.2) is 44.2 Å². The van der Waals surface area contributed by atoms with Crippen molar-refractivity contribution in [2.45, 2.75) is 6.10 Å². The first kappa shape index (κ1) is 15.9. The fourth-order valence-corrected chi connectivity index (χ4v) is 2.81. The van der Waals surface area contributed by atoms with Gasteiger partial charge in [-0.25, -0.2) is 4.39 Å². The lowest BCUT2D eigenvalue weighted by molar-refractivity contribution is 0.0219. The van der Waals surface area contributed by atoms with E-state index in [1.54, 1.807) is 12.1 Å². The van der Waals surface area contributed by atoms with Crippen LogP contribution in [0.3, 0.4) is 0 Å². The molecule has 1 unspecified atom stereocenters. The molecule has 0 bridgehead atoms. The van der Waals surface area contributed by atoms with Gasteiger partial charge in [-0.1, -0.05) is 6.07 Å². The van der Waals surface area contributed by atoms with Crippen LogP contribution in [0.25, 0.3) is 5.70 Å². The molecule has 1 fully saturated rings. The van der Waals surface area contributed by atoms with Gasteiger partial charge in [-0.15, -0.1) is 0 Å². The highest BCUT2D eigenvalue weighted by Gasteiger charge is 2.21. The van der Waals surface area contributed by atoms with E-state index in [1.165, 1.54) is 12.3 Å². The van der Waals surface area contributed by atoms with E-state index in [0.717, 1.165) is 5.56 Å². The van der Waals surface area contributed by atoms with E-state index in [4.69, 9.17) is 18.8 Å². The van der Waals surface area contributed by atoms with Crippen molar-refractivity contribution in [3.05, 3.63) is 48.0 Å². The molecule has 2 aliphatic rings. The molecule has 132 valence electrons. The summed E-state index contributed by atoms with van der Waals surface area (Å²) in [6.07, 6.45) is 2.99. The van der Waals surface area contributed by atoms with Gasteiger partial charge in [0, 0.05) is 24.7 Å². The van der Waals surface area contributed by atoms with Crippen LogP contribution >= 0.6 is 0 Å². The van der Waals surface area contributed by atoms with Gasteiger partial charge in [0.15, 0.2) is 0 Å². The zero-order valence-corrected chi connectivity index (χ0v) is 13.5. The first-order valence-corrected chi connectivity index (χ1v) is 8.09. The lowest BCUT2D eigenvalue weighted by Crippen LogP contribution is -2.36. The molecule has 2 aliphatic heterocycles. The van der Waals surface area contributed by atoms with Crippen LogP contribution in [0.5, 0.6) is 5.88 Å². The van der Waals surface area contributed by atoms with E-state index in [-0.39, 0.29) is 18.5 Å². The number of aromatic nitrogens is 1. The normalized spacial score (nSPS) is 20.3. The summed E-state index contributed by atoms with van der Waals surface area (Å²) >= 11 is 0. The van der Waals surface area contributed by atoms with Crippen molar-refractivity contribution in [2.75, 3.05) is 37.8 Å². The largest absolute Gasteiger partial charge is 0.472 e. The summed E-state index contributed by atoms with van der Waals surface area (Å²) in [6.45, 7) is 2.91. The lowest BCUT2D eigenvalue weighted by atomic mass is 10.1. The maximum atomic E-state index is 14.5. The average molecular weight is 347 g/mol. The average Bonchev–Trinajstić information content (AvgIpc) is 3.32. The van der Waals surface area contributed by atoms with Gasteiger partial charge in [0.05, 0.1) is 24.6 Å². The van der Waals surface area contributed by atoms with Gasteiger partial charge in [0.25, 0.3) is 5.88 Å². The summed E-state index contributed by atoms with van der Waals surface area (Å²) in [5.41, 5.74) is 4.84. The maximum absolute atomic E-state index is 14.5. The van der Waals surface area contributed by atoms with Crippen LogP contribution in [0.1, 0.15) is 5.56 Å². The Labute approximate surface area is 143 Å². The van der Waals surface area contributed by atoms with Gasteiger partial charge in [-0.05, 0) is 23.4 Å². The number of nitrogens with one attached hydrogen (secondary N) is 1. The Kier molecular flexibility index (Phi) is 4.53. The number of nitrogens with zero attached hydrogens (tertiary/aromatic N) is 2. The smallest absolute Gasteiger partial charge is 0.254 e. The number of ether oxygens (including phenoxy) is 2.